The van der Waals surface area contributed by atoms with E-state index in [0.717, 1.165) is 27.7 Å². The van der Waals surface area contributed by atoms with Crippen molar-refractivity contribution in [2.75, 3.05) is 12.4 Å². The number of carbonyl (C=O) groups is 1. The molecule has 0 radical (unpaired) electrons. The number of methoxy groups -OCH3 is 1. The van der Waals surface area contributed by atoms with Crippen LogP contribution in [0, 0.1) is 13.8 Å². The molecule has 0 saturated heterocycles. The molecule has 2 aromatic carbocycles. The predicted molar refractivity (Wildman–Crippen MR) is 108 cm³/mol. The number of benzene rings is 2. The smallest absolute Gasteiger partial charge is 0.295 e. The number of rotatable bonds is 3. The summed E-state index contributed by atoms with van der Waals surface area (Å²) in [5.74, 6) is 0.470. The van der Waals surface area contributed by atoms with Crippen molar-refractivity contribution in [3.8, 4) is 5.75 Å². The van der Waals surface area contributed by atoms with Gasteiger partial charge < -0.3 is 14.5 Å². The maximum atomic E-state index is 12.8. The lowest BCUT2D eigenvalue weighted by atomic mass is 10.1. The third-order valence-electron chi connectivity index (χ3n) is 4.77. The molecule has 8 heteroatoms. The van der Waals surface area contributed by atoms with Crippen molar-refractivity contribution in [3.63, 3.8) is 0 Å². The summed E-state index contributed by atoms with van der Waals surface area (Å²) in [5.41, 5.74) is 3.56. The largest absolute Gasteiger partial charge is 0.495 e. The van der Waals surface area contributed by atoms with Crippen LogP contribution < -0.4 is 10.1 Å². The maximum Gasteiger partial charge on any atom is 0.295 e. The first-order chi connectivity index (χ1) is 14.0. The Labute approximate surface area is 165 Å². The van der Waals surface area contributed by atoms with Gasteiger partial charge in [0.15, 0.2) is 0 Å². The van der Waals surface area contributed by atoms with Gasteiger partial charge >= 0.3 is 0 Å². The molecule has 1 amide bonds. The number of ether oxygens (including phenoxy) is 1. The molecule has 0 aliphatic carbocycles. The normalized spacial score (nSPS) is 11.4. The lowest BCUT2D eigenvalue weighted by molar-refractivity contribution is 0.101. The SMILES string of the molecule is COc1cc2c(cc1NC(=O)c1nc3nc(C)cc(C)n3n1)oc1ccccc12. The highest BCUT2D eigenvalue weighted by Crippen LogP contribution is 2.36. The van der Waals surface area contributed by atoms with E-state index in [2.05, 4.69) is 20.4 Å². The number of nitrogens with zero attached hydrogens (tertiary/aromatic N) is 4. The minimum Gasteiger partial charge on any atom is -0.495 e. The van der Waals surface area contributed by atoms with Crippen LogP contribution in [0.5, 0.6) is 5.75 Å². The number of amides is 1. The summed E-state index contributed by atoms with van der Waals surface area (Å²) in [6.45, 7) is 3.76. The molecule has 3 heterocycles. The molecule has 0 bridgehead atoms. The molecule has 0 fully saturated rings. The highest BCUT2D eigenvalue weighted by molar-refractivity contribution is 6.09. The number of hydrogen-bond acceptors (Lipinski definition) is 6. The number of fused-ring (bicyclic) bond motifs is 4. The van der Waals surface area contributed by atoms with Crippen molar-refractivity contribution < 1.29 is 13.9 Å². The van der Waals surface area contributed by atoms with Gasteiger partial charge in [0.05, 0.1) is 12.8 Å². The molecular formula is C21H17N5O3. The van der Waals surface area contributed by atoms with Crippen LogP contribution in [0.3, 0.4) is 0 Å². The van der Waals surface area contributed by atoms with Crippen LogP contribution in [-0.4, -0.2) is 32.6 Å². The molecule has 5 aromatic rings. The lowest BCUT2D eigenvalue weighted by Crippen LogP contribution is -2.14. The molecule has 144 valence electrons. The summed E-state index contributed by atoms with van der Waals surface area (Å²) in [5, 5.41) is 8.99. The Morgan fingerprint density at radius 2 is 1.90 bits per heavy atom. The average Bonchev–Trinajstić information content (AvgIpc) is 3.28. The maximum absolute atomic E-state index is 12.8. The fourth-order valence-electron chi connectivity index (χ4n) is 3.46. The van der Waals surface area contributed by atoms with Gasteiger partial charge in [-0.25, -0.2) is 9.50 Å². The lowest BCUT2D eigenvalue weighted by Gasteiger charge is -2.09. The summed E-state index contributed by atoms with van der Waals surface area (Å²) in [7, 11) is 1.55. The second kappa shape index (κ2) is 6.30. The summed E-state index contributed by atoms with van der Waals surface area (Å²) in [6.07, 6.45) is 0. The molecule has 5 rings (SSSR count). The summed E-state index contributed by atoms with van der Waals surface area (Å²) in [4.78, 5) is 21.4. The van der Waals surface area contributed by atoms with E-state index in [0.29, 0.717) is 22.8 Å². The quantitative estimate of drug-likeness (QED) is 0.504. The van der Waals surface area contributed by atoms with E-state index in [-0.39, 0.29) is 5.82 Å². The minimum absolute atomic E-state index is 0.0259. The number of anilines is 1. The molecule has 0 aliphatic heterocycles. The third-order valence-corrected chi connectivity index (χ3v) is 4.77. The van der Waals surface area contributed by atoms with Crippen LogP contribution in [0.4, 0.5) is 5.69 Å². The van der Waals surface area contributed by atoms with Gasteiger partial charge in [0.25, 0.3) is 11.7 Å². The molecule has 1 N–H and O–H groups in total. The Balaban J connectivity index is 1.56. The van der Waals surface area contributed by atoms with E-state index >= 15 is 0 Å². The Bertz CT molecular complexity index is 1420. The van der Waals surface area contributed by atoms with Crippen molar-refractivity contribution in [2.24, 2.45) is 0 Å². The topological polar surface area (TPSA) is 94.5 Å². The number of aryl methyl sites for hydroxylation is 2. The monoisotopic (exact) mass is 387 g/mol. The van der Waals surface area contributed by atoms with Gasteiger partial charge in [0.1, 0.15) is 16.9 Å². The number of hydrogen-bond donors (Lipinski definition) is 1. The number of aromatic nitrogens is 4. The predicted octanol–water partition coefficient (Wildman–Crippen LogP) is 3.90. The molecule has 0 spiro atoms. The Hall–Kier alpha value is -3.94. The summed E-state index contributed by atoms with van der Waals surface area (Å²) >= 11 is 0. The van der Waals surface area contributed by atoms with Gasteiger partial charge in [-0.1, -0.05) is 18.2 Å². The Morgan fingerprint density at radius 3 is 2.72 bits per heavy atom. The fraction of sp³-hybridized carbons (Fsp3) is 0.143. The average molecular weight is 387 g/mol. The second-order valence-electron chi connectivity index (χ2n) is 6.79. The van der Waals surface area contributed by atoms with Crippen molar-refractivity contribution in [2.45, 2.75) is 13.8 Å². The Morgan fingerprint density at radius 1 is 1.07 bits per heavy atom. The van der Waals surface area contributed by atoms with Crippen LogP contribution in [-0.2, 0) is 0 Å². The van der Waals surface area contributed by atoms with Crippen LogP contribution in [0.25, 0.3) is 27.7 Å². The zero-order valence-corrected chi connectivity index (χ0v) is 16.1. The number of nitrogens with one attached hydrogen (secondary N) is 1. The van der Waals surface area contributed by atoms with Gasteiger partial charge in [-0.3, -0.25) is 4.79 Å². The van der Waals surface area contributed by atoms with Crippen molar-refractivity contribution in [1.29, 1.82) is 0 Å². The fourth-order valence-corrected chi connectivity index (χ4v) is 3.46. The molecule has 0 atom stereocenters. The molecule has 0 saturated carbocycles. The zero-order valence-electron chi connectivity index (χ0n) is 16.1. The van der Waals surface area contributed by atoms with Gasteiger partial charge in [0, 0.05) is 28.2 Å². The van der Waals surface area contributed by atoms with Crippen LogP contribution in [0.1, 0.15) is 22.0 Å². The van der Waals surface area contributed by atoms with E-state index in [9.17, 15) is 4.79 Å². The Kier molecular flexibility index (Phi) is 3.73. The first kappa shape index (κ1) is 17.2. The van der Waals surface area contributed by atoms with Crippen LogP contribution in [0.2, 0.25) is 0 Å². The van der Waals surface area contributed by atoms with E-state index in [1.165, 1.54) is 0 Å². The van der Waals surface area contributed by atoms with Gasteiger partial charge in [-0.2, -0.15) is 4.98 Å². The highest BCUT2D eigenvalue weighted by Gasteiger charge is 2.19. The standard InChI is InChI=1S/C21H17N5O3/c1-11-8-12(2)26-21(22-11)24-19(25-26)20(27)23-15-10-17-14(9-18(15)28-3)13-6-4-5-7-16(13)29-17/h4-10H,1-3H3,(H,23,27). The van der Waals surface area contributed by atoms with Crippen LogP contribution >= 0.6 is 0 Å². The minimum atomic E-state index is -0.457. The van der Waals surface area contributed by atoms with E-state index in [1.807, 2.05) is 50.2 Å². The van der Waals surface area contributed by atoms with Gasteiger partial charge in [-0.05, 0) is 32.0 Å². The van der Waals surface area contributed by atoms with Crippen molar-refractivity contribution in [3.05, 3.63) is 59.7 Å². The first-order valence-corrected chi connectivity index (χ1v) is 9.05. The molecule has 8 nitrogen and oxygen atoms in total. The number of carbonyl (C=O) groups excluding carboxylic acids is 1. The van der Waals surface area contributed by atoms with Crippen LogP contribution in [0.15, 0.2) is 46.9 Å². The zero-order chi connectivity index (χ0) is 20.1. The third kappa shape index (κ3) is 2.77. The van der Waals surface area contributed by atoms with Gasteiger partial charge in [-0.15, -0.1) is 5.10 Å². The van der Waals surface area contributed by atoms with Crippen molar-refractivity contribution >= 4 is 39.3 Å². The van der Waals surface area contributed by atoms with E-state index in [1.54, 1.807) is 17.7 Å². The molecule has 0 aliphatic rings. The van der Waals surface area contributed by atoms with Gasteiger partial charge in [0.2, 0.25) is 5.82 Å². The highest BCUT2D eigenvalue weighted by atomic mass is 16.5. The first-order valence-electron chi connectivity index (χ1n) is 9.05. The molecule has 0 unspecified atom stereocenters. The number of para-hydroxylation sites is 1. The molecule has 3 aromatic heterocycles. The van der Waals surface area contributed by atoms with E-state index in [4.69, 9.17) is 9.15 Å². The van der Waals surface area contributed by atoms with Crippen molar-refractivity contribution in [1.82, 2.24) is 19.6 Å². The van der Waals surface area contributed by atoms with E-state index < -0.39 is 5.91 Å². The summed E-state index contributed by atoms with van der Waals surface area (Å²) < 4.78 is 12.9. The summed E-state index contributed by atoms with van der Waals surface area (Å²) in [6, 6.07) is 13.2. The molecular weight excluding hydrogens is 370 g/mol. The number of furan rings is 1. The second-order valence-corrected chi connectivity index (χ2v) is 6.79. The molecule has 29 heavy (non-hydrogen) atoms.